The normalized spacial score (nSPS) is 11.2. The summed E-state index contributed by atoms with van der Waals surface area (Å²) in [5.41, 5.74) is 1.37. The van der Waals surface area contributed by atoms with E-state index < -0.39 is 0 Å². The molecule has 7 heteroatoms. The van der Waals surface area contributed by atoms with Gasteiger partial charge in [-0.15, -0.1) is 0 Å². The number of nitrogens with one attached hydrogen (secondary N) is 3. The van der Waals surface area contributed by atoms with Gasteiger partial charge >= 0.3 is 0 Å². The lowest BCUT2D eigenvalue weighted by Gasteiger charge is -2.14. The van der Waals surface area contributed by atoms with Crippen molar-refractivity contribution in [3.63, 3.8) is 0 Å². The Morgan fingerprint density at radius 3 is 2.56 bits per heavy atom. The average molecular weight is 385 g/mol. The van der Waals surface area contributed by atoms with Crippen LogP contribution >= 0.6 is 12.2 Å². The first-order valence-electron chi connectivity index (χ1n) is 8.64. The minimum absolute atomic E-state index is 0.0623. The minimum atomic E-state index is -0.362. The predicted molar refractivity (Wildman–Crippen MR) is 110 cm³/mol. The smallest absolute Gasteiger partial charge is 0.257 e. The average Bonchev–Trinajstić information content (AvgIpc) is 2.67. The van der Waals surface area contributed by atoms with Gasteiger partial charge in [0.15, 0.2) is 5.11 Å². The molecule has 0 aromatic heterocycles. The van der Waals surface area contributed by atoms with Crippen molar-refractivity contribution in [2.24, 2.45) is 0 Å². The Hall–Kier alpha value is -2.93. The monoisotopic (exact) mass is 385 g/mol. The molecule has 0 saturated heterocycles. The molecule has 2 amide bonds. The SMILES string of the molecule is CCC(C)Oc1cccc(C(=O)NC(=S)Nc2ccccc2C(=O)NC)c1. The zero-order valence-electron chi connectivity index (χ0n) is 15.5. The van der Waals surface area contributed by atoms with Crippen molar-refractivity contribution < 1.29 is 14.3 Å². The third kappa shape index (κ3) is 5.79. The van der Waals surface area contributed by atoms with E-state index in [0.29, 0.717) is 22.6 Å². The van der Waals surface area contributed by atoms with Gasteiger partial charge < -0.3 is 15.4 Å². The molecule has 3 N–H and O–H groups in total. The van der Waals surface area contributed by atoms with E-state index in [4.69, 9.17) is 17.0 Å². The second-order valence-electron chi connectivity index (χ2n) is 5.90. The number of benzene rings is 2. The van der Waals surface area contributed by atoms with Crippen LogP contribution < -0.4 is 20.7 Å². The molecule has 0 bridgehead atoms. The molecule has 0 aliphatic carbocycles. The minimum Gasteiger partial charge on any atom is -0.491 e. The maximum absolute atomic E-state index is 12.5. The van der Waals surface area contributed by atoms with Gasteiger partial charge in [-0.2, -0.15) is 0 Å². The first kappa shape index (κ1) is 20.4. The first-order valence-corrected chi connectivity index (χ1v) is 9.05. The lowest BCUT2D eigenvalue weighted by molar-refractivity contribution is 0.0960. The number of thiocarbonyl (C=S) groups is 1. The molecule has 142 valence electrons. The molecule has 2 aromatic rings. The van der Waals surface area contributed by atoms with Crippen LogP contribution in [0.4, 0.5) is 5.69 Å². The zero-order valence-corrected chi connectivity index (χ0v) is 16.4. The summed E-state index contributed by atoms with van der Waals surface area (Å²) in [5, 5.41) is 8.17. The van der Waals surface area contributed by atoms with Crippen molar-refractivity contribution in [3.05, 3.63) is 59.7 Å². The van der Waals surface area contributed by atoms with Crippen LogP contribution in [0.5, 0.6) is 5.75 Å². The number of para-hydroxylation sites is 1. The van der Waals surface area contributed by atoms with Gasteiger partial charge in [-0.3, -0.25) is 14.9 Å². The Labute approximate surface area is 164 Å². The predicted octanol–water partition coefficient (Wildman–Crippen LogP) is 3.35. The standard InChI is InChI=1S/C20H23N3O3S/c1-4-13(2)26-15-9-7-8-14(12-15)18(24)23-20(27)22-17-11-6-5-10-16(17)19(25)21-3/h5-13H,4H2,1-3H3,(H,21,25)(H2,22,23,24,27). The maximum Gasteiger partial charge on any atom is 0.257 e. The second kappa shape index (κ2) is 9.68. The highest BCUT2D eigenvalue weighted by atomic mass is 32.1. The van der Waals surface area contributed by atoms with Crippen LogP contribution in [0, 0.1) is 0 Å². The molecular formula is C20H23N3O3S. The number of anilines is 1. The molecule has 2 aromatic carbocycles. The summed E-state index contributed by atoms with van der Waals surface area (Å²) in [4.78, 5) is 24.4. The van der Waals surface area contributed by atoms with E-state index in [1.54, 1.807) is 55.6 Å². The fourth-order valence-corrected chi connectivity index (χ4v) is 2.48. The Morgan fingerprint density at radius 2 is 1.85 bits per heavy atom. The topological polar surface area (TPSA) is 79.5 Å². The van der Waals surface area contributed by atoms with Gasteiger partial charge in [0.25, 0.3) is 11.8 Å². The highest BCUT2D eigenvalue weighted by Crippen LogP contribution is 2.17. The van der Waals surface area contributed by atoms with Crippen LogP contribution in [0.15, 0.2) is 48.5 Å². The van der Waals surface area contributed by atoms with Crippen molar-refractivity contribution in [3.8, 4) is 5.75 Å². The second-order valence-corrected chi connectivity index (χ2v) is 6.31. The number of carbonyl (C=O) groups excluding carboxylic acids is 2. The molecular weight excluding hydrogens is 362 g/mol. The Balaban J connectivity index is 2.05. The van der Waals surface area contributed by atoms with Gasteiger partial charge in [0.05, 0.1) is 17.4 Å². The molecule has 0 heterocycles. The molecule has 0 radical (unpaired) electrons. The van der Waals surface area contributed by atoms with Gasteiger partial charge in [-0.1, -0.05) is 25.1 Å². The molecule has 1 unspecified atom stereocenters. The van der Waals surface area contributed by atoms with Crippen LogP contribution in [0.25, 0.3) is 0 Å². The Morgan fingerprint density at radius 1 is 1.11 bits per heavy atom. The number of hydrogen-bond acceptors (Lipinski definition) is 4. The maximum atomic E-state index is 12.5. The Kier molecular flexibility index (Phi) is 7.31. The summed E-state index contributed by atoms with van der Waals surface area (Å²) in [6.07, 6.45) is 0.932. The number of amides is 2. The quantitative estimate of drug-likeness (QED) is 0.665. The van der Waals surface area contributed by atoms with Crippen LogP contribution in [-0.4, -0.2) is 30.1 Å². The van der Waals surface area contributed by atoms with Gasteiger partial charge in [0.1, 0.15) is 5.75 Å². The Bertz CT molecular complexity index is 839. The summed E-state index contributed by atoms with van der Waals surface area (Å²) in [5.74, 6) is 0.0162. The fourth-order valence-electron chi connectivity index (χ4n) is 2.28. The van der Waals surface area contributed by atoms with Gasteiger partial charge in [-0.25, -0.2) is 0 Å². The first-order chi connectivity index (χ1) is 12.9. The van der Waals surface area contributed by atoms with Crippen molar-refractivity contribution in [1.29, 1.82) is 0 Å². The van der Waals surface area contributed by atoms with Crippen molar-refractivity contribution >= 4 is 34.8 Å². The van der Waals surface area contributed by atoms with E-state index in [0.717, 1.165) is 6.42 Å². The summed E-state index contributed by atoms with van der Waals surface area (Å²) in [7, 11) is 1.55. The number of hydrogen-bond donors (Lipinski definition) is 3. The van der Waals surface area contributed by atoms with Crippen LogP contribution in [0.1, 0.15) is 41.0 Å². The van der Waals surface area contributed by atoms with Gasteiger partial charge in [0.2, 0.25) is 0 Å². The van der Waals surface area contributed by atoms with Crippen molar-refractivity contribution in [2.75, 3.05) is 12.4 Å². The number of carbonyl (C=O) groups is 2. The lowest BCUT2D eigenvalue weighted by atomic mass is 10.1. The largest absolute Gasteiger partial charge is 0.491 e. The van der Waals surface area contributed by atoms with E-state index in [2.05, 4.69) is 16.0 Å². The summed E-state index contributed by atoms with van der Waals surface area (Å²) >= 11 is 5.21. The van der Waals surface area contributed by atoms with E-state index in [-0.39, 0.29) is 23.0 Å². The summed E-state index contributed by atoms with van der Waals surface area (Å²) < 4.78 is 5.74. The highest BCUT2D eigenvalue weighted by Gasteiger charge is 2.13. The lowest BCUT2D eigenvalue weighted by Crippen LogP contribution is -2.34. The molecule has 0 aliphatic rings. The van der Waals surface area contributed by atoms with E-state index in [1.807, 2.05) is 13.8 Å². The summed E-state index contributed by atoms with van der Waals surface area (Å²) in [6, 6.07) is 13.8. The molecule has 0 fully saturated rings. The van der Waals surface area contributed by atoms with Gasteiger partial charge in [-0.05, 0) is 55.9 Å². The molecule has 6 nitrogen and oxygen atoms in total. The number of ether oxygens (including phenoxy) is 1. The van der Waals surface area contributed by atoms with Crippen LogP contribution in [0.3, 0.4) is 0 Å². The van der Waals surface area contributed by atoms with E-state index >= 15 is 0 Å². The molecule has 2 rings (SSSR count). The zero-order chi connectivity index (χ0) is 19.8. The highest BCUT2D eigenvalue weighted by molar-refractivity contribution is 7.80. The molecule has 1 atom stereocenters. The van der Waals surface area contributed by atoms with E-state index in [9.17, 15) is 9.59 Å². The molecule has 0 aliphatic heterocycles. The van der Waals surface area contributed by atoms with Gasteiger partial charge in [0, 0.05) is 12.6 Å². The molecule has 0 saturated carbocycles. The molecule has 27 heavy (non-hydrogen) atoms. The van der Waals surface area contributed by atoms with Crippen LogP contribution in [-0.2, 0) is 0 Å². The summed E-state index contributed by atoms with van der Waals surface area (Å²) in [6.45, 7) is 4.00. The fraction of sp³-hybridized carbons (Fsp3) is 0.250. The third-order valence-corrected chi connectivity index (χ3v) is 4.09. The molecule has 0 spiro atoms. The van der Waals surface area contributed by atoms with Crippen molar-refractivity contribution in [1.82, 2.24) is 10.6 Å². The number of rotatable bonds is 6. The third-order valence-electron chi connectivity index (χ3n) is 3.88. The van der Waals surface area contributed by atoms with Crippen molar-refractivity contribution in [2.45, 2.75) is 26.4 Å². The van der Waals surface area contributed by atoms with Crippen LogP contribution in [0.2, 0.25) is 0 Å². The van der Waals surface area contributed by atoms with E-state index in [1.165, 1.54) is 0 Å².